The van der Waals surface area contributed by atoms with Crippen LogP contribution >= 0.6 is 0 Å². The Hall–Kier alpha value is -2.70. The van der Waals surface area contributed by atoms with Gasteiger partial charge in [-0.3, -0.25) is 4.79 Å². The van der Waals surface area contributed by atoms with Gasteiger partial charge in [0.15, 0.2) is 5.82 Å². The smallest absolute Gasteiger partial charge is 0.247 e. The van der Waals surface area contributed by atoms with E-state index in [1.165, 1.54) is 0 Å². The maximum atomic E-state index is 12.4. The predicted molar refractivity (Wildman–Crippen MR) is 94.4 cm³/mol. The number of aryl methyl sites for hydroxylation is 1. The first-order valence-electron chi connectivity index (χ1n) is 8.43. The third-order valence-corrected chi connectivity index (χ3v) is 3.94. The molecule has 1 aromatic heterocycles. The second-order valence-corrected chi connectivity index (χ2v) is 6.20. The van der Waals surface area contributed by atoms with Crippen LogP contribution in [0.2, 0.25) is 0 Å². The van der Waals surface area contributed by atoms with Crippen molar-refractivity contribution in [2.24, 2.45) is 0 Å². The maximum Gasteiger partial charge on any atom is 0.247 e. The van der Waals surface area contributed by atoms with Gasteiger partial charge in [-0.25, -0.2) is 0 Å². The summed E-state index contributed by atoms with van der Waals surface area (Å²) in [5.74, 6) is 2.37. The molecule has 7 heteroatoms. The third-order valence-electron chi connectivity index (χ3n) is 3.94. The van der Waals surface area contributed by atoms with Crippen molar-refractivity contribution in [3.63, 3.8) is 0 Å². The summed E-state index contributed by atoms with van der Waals surface area (Å²) < 4.78 is 16.5. The summed E-state index contributed by atoms with van der Waals surface area (Å²) in [6.45, 7) is 8.05. The van der Waals surface area contributed by atoms with Crippen molar-refractivity contribution in [1.82, 2.24) is 5.16 Å². The number of rotatable bonds is 6. The minimum atomic E-state index is -0.493. The van der Waals surface area contributed by atoms with Crippen molar-refractivity contribution in [3.05, 3.63) is 29.5 Å². The van der Waals surface area contributed by atoms with Gasteiger partial charge in [0, 0.05) is 24.1 Å². The number of fused-ring (bicyclic) bond motifs is 1. The number of nitrogens with one attached hydrogen (secondary N) is 2. The van der Waals surface area contributed by atoms with Crippen LogP contribution in [0.25, 0.3) is 0 Å². The molecule has 0 radical (unpaired) electrons. The van der Waals surface area contributed by atoms with Gasteiger partial charge in [-0.15, -0.1) is 0 Å². The lowest BCUT2D eigenvalue weighted by Crippen LogP contribution is -2.32. The van der Waals surface area contributed by atoms with E-state index in [4.69, 9.17) is 14.0 Å². The Balaban J connectivity index is 1.74. The quantitative estimate of drug-likeness (QED) is 0.836. The molecule has 2 heterocycles. The molecule has 0 saturated heterocycles. The molecule has 0 bridgehead atoms. The monoisotopic (exact) mass is 345 g/mol. The highest BCUT2D eigenvalue weighted by molar-refractivity contribution is 5.95. The number of hydrogen-bond donors (Lipinski definition) is 2. The number of benzene rings is 1. The molecule has 1 aromatic carbocycles. The Labute approximate surface area is 146 Å². The van der Waals surface area contributed by atoms with Gasteiger partial charge in [0.1, 0.15) is 29.4 Å². The van der Waals surface area contributed by atoms with Gasteiger partial charge in [-0.05, 0) is 33.8 Å². The fourth-order valence-electron chi connectivity index (χ4n) is 2.79. The molecular formula is C18H23N3O4. The van der Waals surface area contributed by atoms with E-state index >= 15 is 0 Å². The van der Waals surface area contributed by atoms with E-state index in [0.717, 1.165) is 29.2 Å². The lowest BCUT2D eigenvalue weighted by molar-refractivity contribution is -0.116. The van der Waals surface area contributed by atoms with E-state index in [1.54, 1.807) is 19.9 Å². The molecular weight excluding hydrogens is 322 g/mol. The molecule has 0 fully saturated rings. The first kappa shape index (κ1) is 17.1. The molecule has 2 N–H and O–H groups in total. The molecule has 2 aromatic rings. The minimum Gasteiger partial charge on any atom is -0.492 e. The van der Waals surface area contributed by atoms with Gasteiger partial charge in [-0.2, -0.15) is 0 Å². The minimum absolute atomic E-state index is 0.149. The van der Waals surface area contributed by atoms with E-state index in [0.29, 0.717) is 18.2 Å². The van der Waals surface area contributed by atoms with Crippen molar-refractivity contribution in [1.29, 1.82) is 0 Å². The van der Waals surface area contributed by atoms with Crippen LogP contribution in [0.5, 0.6) is 11.5 Å². The van der Waals surface area contributed by atoms with Crippen LogP contribution < -0.4 is 20.1 Å². The van der Waals surface area contributed by atoms with Crippen LogP contribution in [0.15, 0.2) is 22.7 Å². The lowest BCUT2D eigenvalue weighted by Gasteiger charge is -2.18. The van der Waals surface area contributed by atoms with Crippen LogP contribution in [-0.2, 0) is 11.2 Å². The summed E-state index contributed by atoms with van der Waals surface area (Å²) in [5.41, 5.74) is 1.85. The number of nitrogens with zero attached hydrogens (tertiary/aromatic N) is 1. The SMILES string of the molecule is CCOc1cc2c(cc1N[C@H](C)C(=O)Nc1cc(C)on1)O[C@H](C)C2. The van der Waals surface area contributed by atoms with Crippen LogP contribution in [-0.4, -0.2) is 29.8 Å². The molecule has 1 amide bonds. The van der Waals surface area contributed by atoms with Crippen molar-refractivity contribution < 1.29 is 18.8 Å². The predicted octanol–water partition coefficient (Wildman–Crippen LogP) is 3.14. The van der Waals surface area contributed by atoms with Crippen LogP contribution in [0.1, 0.15) is 32.1 Å². The molecule has 2 atom stereocenters. The highest BCUT2D eigenvalue weighted by Crippen LogP contribution is 2.38. The lowest BCUT2D eigenvalue weighted by atomic mass is 10.1. The molecule has 0 saturated carbocycles. The maximum absolute atomic E-state index is 12.4. The summed E-state index contributed by atoms with van der Waals surface area (Å²) in [6.07, 6.45) is 1.01. The van der Waals surface area contributed by atoms with Gasteiger partial charge in [0.05, 0.1) is 12.3 Å². The van der Waals surface area contributed by atoms with Crippen molar-refractivity contribution >= 4 is 17.4 Å². The van der Waals surface area contributed by atoms with E-state index in [1.807, 2.05) is 26.0 Å². The average Bonchev–Trinajstić information content (AvgIpc) is 3.12. The first-order chi connectivity index (χ1) is 12.0. The van der Waals surface area contributed by atoms with Gasteiger partial charge in [0.25, 0.3) is 0 Å². The Bertz CT molecular complexity index is 772. The number of hydrogen-bond acceptors (Lipinski definition) is 6. The van der Waals surface area contributed by atoms with E-state index in [-0.39, 0.29) is 12.0 Å². The number of amides is 1. The van der Waals surface area contributed by atoms with Crippen LogP contribution in [0.4, 0.5) is 11.5 Å². The molecule has 0 aliphatic carbocycles. The summed E-state index contributed by atoms with van der Waals surface area (Å²) in [7, 11) is 0. The normalized spacial score (nSPS) is 16.7. The summed E-state index contributed by atoms with van der Waals surface area (Å²) in [5, 5.41) is 9.67. The summed E-state index contributed by atoms with van der Waals surface area (Å²) in [6, 6.07) is 5.05. The number of carbonyl (C=O) groups is 1. The summed E-state index contributed by atoms with van der Waals surface area (Å²) >= 11 is 0. The van der Waals surface area contributed by atoms with Gasteiger partial charge < -0.3 is 24.6 Å². The Morgan fingerprint density at radius 2 is 2.24 bits per heavy atom. The average molecular weight is 345 g/mol. The molecule has 134 valence electrons. The van der Waals surface area contributed by atoms with Gasteiger partial charge in [0.2, 0.25) is 5.91 Å². The van der Waals surface area contributed by atoms with Gasteiger partial charge in [-0.1, -0.05) is 5.16 Å². The number of aromatic nitrogens is 1. The summed E-state index contributed by atoms with van der Waals surface area (Å²) in [4.78, 5) is 12.4. The second-order valence-electron chi connectivity index (χ2n) is 6.20. The third kappa shape index (κ3) is 3.87. The topological polar surface area (TPSA) is 85.6 Å². The van der Waals surface area contributed by atoms with Crippen molar-refractivity contribution in [2.45, 2.75) is 46.3 Å². The number of carbonyl (C=O) groups excluding carboxylic acids is 1. The molecule has 25 heavy (non-hydrogen) atoms. The Kier molecular flexibility index (Phi) is 4.83. The zero-order valence-corrected chi connectivity index (χ0v) is 14.9. The molecule has 0 spiro atoms. The van der Waals surface area contributed by atoms with Crippen LogP contribution in [0.3, 0.4) is 0 Å². The highest BCUT2D eigenvalue weighted by Gasteiger charge is 2.23. The Morgan fingerprint density at radius 3 is 2.92 bits per heavy atom. The number of ether oxygens (including phenoxy) is 2. The van der Waals surface area contributed by atoms with E-state index in [9.17, 15) is 4.79 Å². The van der Waals surface area contributed by atoms with Crippen molar-refractivity contribution in [3.8, 4) is 11.5 Å². The van der Waals surface area contributed by atoms with Gasteiger partial charge >= 0.3 is 0 Å². The second kappa shape index (κ2) is 7.04. The zero-order valence-electron chi connectivity index (χ0n) is 14.9. The van der Waals surface area contributed by atoms with E-state index < -0.39 is 6.04 Å². The fourth-order valence-corrected chi connectivity index (χ4v) is 2.79. The highest BCUT2D eigenvalue weighted by atomic mass is 16.5. The number of anilines is 2. The molecule has 3 rings (SSSR count). The van der Waals surface area contributed by atoms with Crippen LogP contribution in [0, 0.1) is 6.92 Å². The van der Waals surface area contributed by atoms with Crippen molar-refractivity contribution in [2.75, 3.05) is 17.2 Å². The standard InChI is InChI=1S/C18H23N3O4/c1-5-23-16-8-13-6-10(2)24-15(13)9-14(16)19-12(4)18(22)20-17-7-11(3)25-21-17/h7-10,12,19H,5-6H2,1-4H3,(H,20,21,22)/t10-,12-/m1/s1. The Morgan fingerprint density at radius 1 is 1.44 bits per heavy atom. The zero-order chi connectivity index (χ0) is 18.0. The fraction of sp³-hybridized carbons (Fsp3) is 0.444. The first-order valence-corrected chi connectivity index (χ1v) is 8.43. The largest absolute Gasteiger partial charge is 0.492 e. The molecule has 0 unspecified atom stereocenters. The molecule has 7 nitrogen and oxygen atoms in total. The van der Waals surface area contributed by atoms with E-state index in [2.05, 4.69) is 15.8 Å². The molecule has 1 aliphatic rings. The molecule has 1 aliphatic heterocycles.